The summed E-state index contributed by atoms with van der Waals surface area (Å²) in [5, 5.41) is 9.25. The van der Waals surface area contributed by atoms with Crippen LogP contribution in [0.3, 0.4) is 0 Å². The quantitative estimate of drug-likeness (QED) is 0.856. The van der Waals surface area contributed by atoms with Gasteiger partial charge < -0.3 is 15.7 Å². The van der Waals surface area contributed by atoms with Crippen LogP contribution in [0.15, 0.2) is 18.3 Å². The Morgan fingerprint density at radius 3 is 2.85 bits per heavy atom. The maximum Gasteiger partial charge on any atom is 0.311 e. The number of rotatable bonds is 3. The number of likely N-dealkylation sites (tertiary alicyclic amines) is 1. The molecule has 0 aliphatic carbocycles. The molecule has 1 atom stereocenters. The van der Waals surface area contributed by atoms with Gasteiger partial charge in [-0.3, -0.25) is 14.6 Å². The first-order valence-corrected chi connectivity index (χ1v) is 6.62. The van der Waals surface area contributed by atoms with Gasteiger partial charge in [0.05, 0.1) is 23.7 Å². The second-order valence-corrected chi connectivity index (χ2v) is 5.54. The van der Waals surface area contributed by atoms with Crippen LogP contribution in [0.2, 0.25) is 0 Å². The largest absolute Gasteiger partial charge is 0.481 e. The third-order valence-corrected chi connectivity index (χ3v) is 3.75. The van der Waals surface area contributed by atoms with E-state index in [1.165, 1.54) is 6.20 Å². The molecule has 1 aromatic rings. The van der Waals surface area contributed by atoms with Crippen molar-refractivity contribution in [2.75, 3.05) is 18.8 Å². The van der Waals surface area contributed by atoms with Crippen LogP contribution in [-0.4, -0.2) is 40.0 Å². The summed E-state index contributed by atoms with van der Waals surface area (Å²) in [5.41, 5.74) is 5.90. The number of hydrogen-bond donors (Lipinski definition) is 2. The van der Waals surface area contributed by atoms with Crippen LogP contribution in [0.5, 0.6) is 0 Å². The second kappa shape index (κ2) is 5.48. The highest BCUT2D eigenvalue weighted by atomic mass is 16.4. The van der Waals surface area contributed by atoms with E-state index in [4.69, 9.17) is 5.73 Å². The van der Waals surface area contributed by atoms with Crippen LogP contribution < -0.4 is 5.73 Å². The molecular weight excluding hydrogens is 258 g/mol. The fourth-order valence-corrected chi connectivity index (χ4v) is 2.43. The number of pyridine rings is 1. The highest BCUT2D eigenvalue weighted by molar-refractivity contribution is 5.80. The van der Waals surface area contributed by atoms with Gasteiger partial charge in [-0.2, -0.15) is 0 Å². The highest BCUT2D eigenvalue weighted by Gasteiger charge is 2.39. The molecule has 0 spiro atoms. The number of piperidine rings is 1. The van der Waals surface area contributed by atoms with Gasteiger partial charge in [-0.15, -0.1) is 0 Å². The summed E-state index contributed by atoms with van der Waals surface area (Å²) >= 11 is 0. The molecular formula is C14H19N3O3. The number of carbonyl (C=O) groups is 2. The van der Waals surface area contributed by atoms with Crippen molar-refractivity contribution < 1.29 is 14.7 Å². The molecule has 3 N–H and O–H groups in total. The number of nitrogen functional groups attached to an aromatic ring is 1. The minimum Gasteiger partial charge on any atom is -0.481 e. The van der Waals surface area contributed by atoms with Crippen molar-refractivity contribution in [3.05, 3.63) is 24.0 Å². The van der Waals surface area contributed by atoms with Gasteiger partial charge in [0.25, 0.3) is 0 Å². The number of nitrogens with zero attached hydrogens (tertiary/aromatic N) is 2. The number of nitrogens with two attached hydrogens (primary N) is 1. The predicted molar refractivity (Wildman–Crippen MR) is 73.9 cm³/mol. The Morgan fingerprint density at radius 2 is 2.25 bits per heavy atom. The lowest BCUT2D eigenvalue weighted by Gasteiger charge is -2.37. The first kappa shape index (κ1) is 14.3. The minimum atomic E-state index is -0.847. The van der Waals surface area contributed by atoms with E-state index in [1.807, 2.05) is 0 Å². The topological polar surface area (TPSA) is 96.5 Å². The first-order valence-electron chi connectivity index (χ1n) is 6.62. The van der Waals surface area contributed by atoms with E-state index in [0.717, 1.165) is 0 Å². The Kier molecular flexibility index (Phi) is 3.92. The summed E-state index contributed by atoms with van der Waals surface area (Å²) in [5.74, 6) is -0.935. The third kappa shape index (κ3) is 3.07. The normalized spacial score (nSPS) is 22.6. The van der Waals surface area contributed by atoms with Gasteiger partial charge in [0.2, 0.25) is 5.91 Å². The summed E-state index contributed by atoms with van der Waals surface area (Å²) in [6.45, 7) is 2.56. The van der Waals surface area contributed by atoms with Crippen molar-refractivity contribution in [2.45, 2.75) is 26.2 Å². The number of hydrogen-bond acceptors (Lipinski definition) is 4. The Hall–Kier alpha value is -2.11. The smallest absolute Gasteiger partial charge is 0.311 e. The van der Waals surface area contributed by atoms with E-state index in [-0.39, 0.29) is 18.9 Å². The zero-order chi connectivity index (χ0) is 14.8. The van der Waals surface area contributed by atoms with Crippen LogP contribution in [0.4, 0.5) is 5.69 Å². The summed E-state index contributed by atoms with van der Waals surface area (Å²) in [7, 11) is 0. The molecule has 2 heterocycles. The van der Waals surface area contributed by atoms with E-state index in [2.05, 4.69) is 4.98 Å². The maximum absolute atomic E-state index is 12.2. The summed E-state index contributed by atoms with van der Waals surface area (Å²) < 4.78 is 0. The van der Waals surface area contributed by atoms with Gasteiger partial charge >= 0.3 is 5.97 Å². The molecule has 6 nitrogen and oxygen atoms in total. The minimum absolute atomic E-state index is 0.0885. The number of carbonyl (C=O) groups excluding carboxylic acids is 1. The molecule has 1 saturated heterocycles. The third-order valence-electron chi connectivity index (χ3n) is 3.75. The van der Waals surface area contributed by atoms with Gasteiger partial charge in [0, 0.05) is 18.8 Å². The SMILES string of the molecule is CC1(C(=O)O)CCCN(C(=O)Cc2ccc(N)cn2)C1. The average Bonchev–Trinajstić information content (AvgIpc) is 2.41. The molecule has 1 amide bonds. The first-order chi connectivity index (χ1) is 9.40. The van der Waals surface area contributed by atoms with Crippen molar-refractivity contribution >= 4 is 17.6 Å². The van der Waals surface area contributed by atoms with Gasteiger partial charge in [0.15, 0.2) is 0 Å². The maximum atomic E-state index is 12.2. The molecule has 1 fully saturated rings. The van der Waals surface area contributed by atoms with Crippen molar-refractivity contribution in [3.63, 3.8) is 0 Å². The van der Waals surface area contributed by atoms with Crippen LogP contribution in [0, 0.1) is 5.41 Å². The fourth-order valence-electron chi connectivity index (χ4n) is 2.43. The highest BCUT2D eigenvalue weighted by Crippen LogP contribution is 2.29. The number of carboxylic acid groups (broad SMARTS) is 1. The van der Waals surface area contributed by atoms with Gasteiger partial charge in [-0.05, 0) is 31.9 Å². The van der Waals surface area contributed by atoms with Crippen LogP contribution >= 0.6 is 0 Å². The summed E-state index contributed by atoms with van der Waals surface area (Å²) in [6, 6.07) is 3.42. The number of amides is 1. The molecule has 0 saturated carbocycles. The molecule has 20 heavy (non-hydrogen) atoms. The Morgan fingerprint density at radius 1 is 1.50 bits per heavy atom. The van der Waals surface area contributed by atoms with Crippen LogP contribution in [0.25, 0.3) is 0 Å². The standard InChI is InChI=1S/C14H19N3O3/c1-14(13(19)20)5-2-6-17(9-14)12(18)7-11-4-3-10(15)8-16-11/h3-4,8H,2,5-7,9,15H2,1H3,(H,19,20). The van der Waals surface area contributed by atoms with Crippen molar-refractivity contribution in [3.8, 4) is 0 Å². The number of anilines is 1. The summed E-state index contributed by atoms with van der Waals surface area (Å²) in [6.07, 6.45) is 3.01. The molecule has 0 radical (unpaired) electrons. The van der Waals surface area contributed by atoms with Crippen molar-refractivity contribution in [1.82, 2.24) is 9.88 Å². The molecule has 0 bridgehead atoms. The van der Waals surface area contributed by atoms with E-state index in [0.29, 0.717) is 30.8 Å². The molecule has 1 aliphatic heterocycles. The predicted octanol–water partition coefficient (Wildman–Crippen LogP) is 0.920. The fraction of sp³-hybridized carbons (Fsp3) is 0.500. The second-order valence-electron chi connectivity index (χ2n) is 5.54. The van der Waals surface area contributed by atoms with E-state index >= 15 is 0 Å². The van der Waals surface area contributed by atoms with Crippen molar-refractivity contribution in [2.24, 2.45) is 5.41 Å². The zero-order valence-electron chi connectivity index (χ0n) is 11.5. The van der Waals surface area contributed by atoms with Crippen LogP contribution in [-0.2, 0) is 16.0 Å². The molecule has 0 aromatic carbocycles. The molecule has 1 aromatic heterocycles. The lowest BCUT2D eigenvalue weighted by atomic mass is 9.82. The Labute approximate surface area is 117 Å². The molecule has 1 unspecified atom stereocenters. The van der Waals surface area contributed by atoms with Gasteiger partial charge in [-0.1, -0.05) is 0 Å². The monoisotopic (exact) mass is 277 g/mol. The van der Waals surface area contributed by atoms with E-state index < -0.39 is 11.4 Å². The van der Waals surface area contributed by atoms with E-state index in [1.54, 1.807) is 24.0 Å². The Balaban J connectivity index is 2.02. The molecule has 1 aliphatic rings. The summed E-state index contributed by atoms with van der Waals surface area (Å²) in [4.78, 5) is 29.2. The van der Waals surface area contributed by atoms with E-state index in [9.17, 15) is 14.7 Å². The number of aromatic nitrogens is 1. The zero-order valence-corrected chi connectivity index (χ0v) is 11.5. The molecule has 108 valence electrons. The van der Waals surface area contributed by atoms with Gasteiger partial charge in [0.1, 0.15) is 0 Å². The number of carboxylic acids is 1. The molecule has 6 heteroatoms. The lowest BCUT2D eigenvalue weighted by molar-refractivity contribution is -0.153. The van der Waals surface area contributed by atoms with Crippen LogP contribution in [0.1, 0.15) is 25.5 Å². The Bertz CT molecular complexity index is 515. The lowest BCUT2D eigenvalue weighted by Crippen LogP contribution is -2.48. The molecule has 2 rings (SSSR count). The average molecular weight is 277 g/mol. The number of aliphatic carboxylic acids is 1. The van der Waals surface area contributed by atoms with Gasteiger partial charge in [-0.25, -0.2) is 0 Å². The van der Waals surface area contributed by atoms with Crippen molar-refractivity contribution in [1.29, 1.82) is 0 Å².